The van der Waals surface area contributed by atoms with E-state index >= 15 is 0 Å². The lowest BCUT2D eigenvalue weighted by Crippen LogP contribution is -2.50. The van der Waals surface area contributed by atoms with Crippen LogP contribution in [0, 0.1) is 22.6 Å². The number of nitrogens with zero attached hydrogens (tertiary/aromatic N) is 2. The van der Waals surface area contributed by atoms with Gasteiger partial charge in [-0.1, -0.05) is 52.7 Å². The molecule has 1 aromatic carbocycles. The molecule has 1 heterocycles. The van der Waals surface area contributed by atoms with Crippen molar-refractivity contribution in [2.45, 2.75) is 84.6 Å². The van der Waals surface area contributed by atoms with Crippen LogP contribution in [0.15, 0.2) is 29.4 Å². The molecule has 4 nitrogen and oxygen atoms in total. The van der Waals surface area contributed by atoms with E-state index in [2.05, 4.69) is 33.0 Å². The number of fused-ring (bicyclic) bond motifs is 2. The number of benzene rings is 1. The number of rotatable bonds is 6. The van der Waals surface area contributed by atoms with Crippen LogP contribution >= 0.6 is 0 Å². The van der Waals surface area contributed by atoms with Crippen LogP contribution in [0.4, 0.5) is 9.18 Å². The summed E-state index contributed by atoms with van der Waals surface area (Å²) in [6, 6.07) is 6.79. The van der Waals surface area contributed by atoms with Gasteiger partial charge in [-0.05, 0) is 66.5 Å². The second kappa shape index (κ2) is 7.97. The number of unbranched alkanes of at least 4 members (excludes halogenated alkanes) is 2. The number of amides is 2. The molecular formula is C25H36FN3O. The van der Waals surface area contributed by atoms with Crippen molar-refractivity contribution in [1.82, 2.24) is 10.3 Å². The highest BCUT2D eigenvalue weighted by Crippen LogP contribution is 2.65. The average molecular weight is 414 g/mol. The molecule has 2 saturated carbocycles. The molecule has 0 radical (unpaired) electrons. The molecule has 1 unspecified atom stereocenters. The Morgan fingerprint density at radius 3 is 2.57 bits per heavy atom. The lowest BCUT2D eigenvalue weighted by atomic mass is 9.69. The predicted molar refractivity (Wildman–Crippen MR) is 119 cm³/mol. The molecule has 2 fully saturated rings. The molecule has 4 rings (SSSR count). The highest BCUT2D eigenvalue weighted by molar-refractivity contribution is 5.94. The first-order valence-corrected chi connectivity index (χ1v) is 11.7. The van der Waals surface area contributed by atoms with Gasteiger partial charge in [-0.3, -0.25) is 0 Å². The Hall–Kier alpha value is -1.91. The van der Waals surface area contributed by atoms with Crippen molar-refractivity contribution in [3.05, 3.63) is 35.6 Å². The summed E-state index contributed by atoms with van der Waals surface area (Å²) in [5.41, 5.74) is 2.50. The van der Waals surface area contributed by atoms with E-state index < -0.39 is 0 Å². The van der Waals surface area contributed by atoms with Gasteiger partial charge in [0.25, 0.3) is 0 Å². The van der Waals surface area contributed by atoms with E-state index in [9.17, 15) is 9.18 Å². The largest absolute Gasteiger partial charge is 0.338 e. The Bertz CT molecular complexity index is 818. The maximum atomic E-state index is 13.4. The smallest absolute Gasteiger partial charge is 0.333 e. The molecule has 0 saturated heterocycles. The van der Waals surface area contributed by atoms with E-state index in [-0.39, 0.29) is 34.6 Å². The third-order valence-corrected chi connectivity index (χ3v) is 8.64. The van der Waals surface area contributed by atoms with Gasteiger partial charge in [-0.15, -0.1) is 0 Å². The minimum atomic E-state index is -0.233. The first kappa shape index (κ1) is 21.3. The van der Waals surface area contributed by atoms with E-state index in [1.54, 1.807) is 5.01 Å². The quantitative estimate of drug-likeness (QED) is 0.564. The topological polar surface area (TPSA) is 44.7 Å². The molecule has 2 aliphatic carbocycles. The van der Waals surface area contributed by atoms with E-state index in [1.165, 1.54) is 25.0 Å². The summed E-state index contributed by atoms with van der Waals surface area (Å²) in [5.74, 6) is 0.509. The number of carbonyl (C=O) groups excluding carboxylic acids is 1. The van der Waals surface area contributed by atoms with Gasteiger partial charge < -0.3 is 5.32 Å². The van der Waals surface area contributed by atoms with Crippen molar-refractivity contribution >= 4 is 11.7 Å². The maximum absolute atomic E-state index is 13.4. The summed E-state index contributed by atoms with van der Waals surface area (Å²) >= 11 is 0. The second-order valence-electron chi connectivity index (χ2n) is 10.3. The normalized spacial score (nSPS) is 31.8. The fourth-order valence-corrected chi connectivity index (χ4v) is 6.09. The van der Waals surface area contributed by atoms with Crippen LogP contribution in [0.2, 0.25) is 0 Å². The van der Waals surface area contributed by atoms with Crippen LogP contribution in [-0.4, -0.2) is 29.3 Å². The van der Waals surface area contributed by atoms with Gasteiger partial charge in [0.05, 0.1) is 6.54 Å². The van der Waals surface area contributed by atoms with E-state index in [0.29, 0.717) is 12.5 Å². The number of hydrogen-bond acceptors (Lipinski definition) is 2. The van der Waals surface area contributed by atoms with Crippen molar-refractivity contribution in [3.63, 3.8) is 0 Å². The van der Waals surface area contributed by atoms with Crippen LogP contribution < -0.4 is 5.32 Å². The summed E-state index contributed by atoms with van der Waals surface area (Å²) in [5, 5.41) is 9.71. The lowest BCUT2D eigenvalue weighted by molar-refractivity contribution is 0.118. The molecule has 4 atom stereocenters. The van der Waals surface area contributed by atoms with E-state index in [1.807, 2.05) is 12.1 Å². The molecule has 1 N–H and O–H groups in total. The van der Waals surface area contributed by atoms with Gasteiger partial charge >= 0.3 is 6.03 Å². The number of hydrazone groups is 1. The molecule has 30 heavy (non-hydrogen) atoms. The molecule has 2 bridgehead atoms. The zero-order valence-corrected chi connectivity index (χ0v) is 18.9. The second-order valence-corrected chi connectivity index (χ2v) is 10.3. The predicted octanol–water partition coefficient (Wildman–Crippen LogP) is 6.09. The number of nitrogens with one attached hydrogen (secondary N) is 1. The van der Waals surface area contributed by atoms with Crippen molar-refractivity contribution in [1.29, 1.82) is 0 Å². The molecule has 1 aliphatic heterocycles. The molecule has 164 valence electrons. The van der Waals surface area contributed by atoms with E-state index in [4.69, 9.17) is 5.10 Å². The van der Waals surface area contributed by atoms with Crippen LogP contribution in [0.25, 0.3) is 0 Å². The summed E-state index contributed by atoms with van der Waals surface area (Å²) in [6.45, 7) is 9.79. The first-order chi connectivity index (χ1) is 14.3. The Labute approximate surface area is 180 Å². The minimum Gasteiger partial charge on any atom is -0.333 e. The van der Waals surface area contributed by atoms with Crippen molar-refractivity contribution in [3.8, 4) is 0 Å². The standard InChI is InChI=1S/C25H36FN3O/c1-5-6-7-8-21-20(17-9-11-19(26)12-10-17)16-29(28-21)23(30)27-22-15-18-13-14-25(22,4)24(18,2)3/h9-12,18,20,22H,5-8,13-16H2,1-4H3,(H,27,30)/t18-,20?,22-,25-/m0/s1. The van der Waals surface area contributed by atoms with Gasteiger partial charge in [0.1, 0.15) is 5.82 Å². The first-order valence-electron chi connectivity index (χ1n) is 11.7. The number of urea groups is 1. The van der Waals surface area contributed by atoms with Gasteiger partial charge in [0, 0.05) is 17.7 Å². The molecule has 5 heteroatoms. The molecule has 0 spiro atoms. The van der Waals surface area contributed by atoms with Crippen molar-refractivity contribution in [2.75, 3.05) is 6.54 Å². The fraction of sp³-hybridized carbons (Fsp3) is 0.680. The molecule has 2 amide bonds. The van der Waals surface area contributed by atoms with Gasteiger partial charge in [-0.2, -0.15) is 5.10 Å². The summed E-state index contributed by atoms with van der Waals surface area (Å²) in [4.78, 5) is 13.2. The van der Waals surface area contributed by atoms with Crippen LogP contribution in [0.5, 0.6) is 0 Å². The number of hydrogen-bond donors (Lipinski definition) is 1. The Morgan fingerprint density at radius 2 is 1.97 bits per heavy atom. The third-order valence-electron chi connectivity index (χ3n) is 8.64. The van der Waals surface area contributed by atoms with Crippen LogP contribution in [-0.2, 0) is 0 Å². The zero-order chi connectivity index (χ0) is 21.5. The fourth-order valence-electron chi connectivity index (χ4n) is 6.09. The zero-order valence-electron chi connectivity index (χ0n) is 18.9. The van der Waals surface area contributed by atoms with Crippen LogP contribution in [0.1, 0.15) is 84.1 Å². The molecule has 3 aliphatic rings. The SMILES string of the molecule is CCCCCC1=NN(C(=O)N[C@H]2C[C@@H]3CC[C@]2(C)C3(C)C)CC1c1ccc(F)cc1. The Balaban J connectivity index is 1.48. The molecule has 0 aromatic heterocycles. The van der Waals surface area contributed by atoms with Gasteiger partial charge in [-0.25, -0.2) is 14.2 Å². The summed E-state index contributed by atoms with van der Waals surface area (Å²) < 4.78 is 13.4. The van der Waals surface area contributed by atoms with Crippen molar-refractivity contribution < 1.29 is 9.18 Å². The third kappa shape index (κ3) is 3.54. The Kier molecular flexibility index (Phi) is 5.67. The molecule has 1 aromatic rings. The molecular weight excluding hydrogens is 377 g/mol. The van der Waals surface area contributed by atoms with Gasteiger partial charge in [0.2, 0.25) is 0 Å². The number of carbonyl (C=O) groups is 1. The monoisotopic (exact) mass is 413 g/mol. The number of halogens is 1. The maximum Gasteiger partial charge on any atom is 0.338 e. The van der Waals surface area contributed by atoms with Crippen LogP contribution in [0.3, 0.4) is 0 Å². The summed E-state index contributed by atoms with van der Waals surface area (Å²) in [7, 11) is 0. The summed E-state index contributed by atoms with van der Waals surface area (Å²) in [6.07, 6.45) is 7.77. The minimum absolute atomic E-state index is 0.0558. The average Bonchev–Trinajstić information content (AvgIpc) is 3.29. The highest BCUT2D eigenvalue weighted by Gasteiger charge is 2.61. The van der Waals surface area contributed by atoms with E-state index in [0.717, 1.165) is 43.4 Å². The van der Waals surface area contributed by atoms with Crippen molar-refractivity contribution in [2.24, 2.45) is 21.8 Å². The highest BCUT2D eigenvalue weighted by atomic mass is 19.1. The van der Waals surface area contributed by atoms with Gasteiger partial charge in [0.15, 0.2) is 0 Å². The Morgan fingerprint density at radius 1 is 1.23 bits per heavy atom. The lowest BCUT2D eigenvalue weighted by Gasteiger charge is -2.39.